The molecule has 0 heterocycles. The highest BCUT2D eigenvalue weighted by Crippen LogP contribution is 2.42. The van der Waals surface area contributed by atoms with Gasteiger partial charge in [0.25, 0.3) is 0 Å². The summed E-state index contributed by atoms with van der Waals surface area (Å²) in [5.41, 5.74) is 7.26. The van der Waals surface area contributed by atoms with E-state index in [2.05, 4.69) is 5.32 Å². The van der Waals surface area contributed by atoms with Crippen molar-refractivity contribution in [3.63, 3.8) is 0 Å². The Morgan fingerprint density at radius 3 is 2.77 bits per heavy atom. The van der Waals surface area contributed by atoms with Gasteiger partial charge in [0, 0.05) is 17.0 Å². The molecule has 1 amide bonds. The molecule has 0 saturated heterocycles. The van der Waals surface area contributed by atoms with Crippen molar-refractivity contribution in [3.8, 4) is 0 Å². The summed E-state index contributed by atoms with van der Waals surface area (Å²) in [6.07, 6.45) is 0.731. The van der Waals surface area contributed by atoms with Crippen LogP contribution in [0.1, 0.15) is 29.5 Å². The molecule has 3 nitrogen and oxygen atoms in total. The van der Waals surface area contributed by atoms with Crippen molar-refractivity contribution in [2.75, 3.05) is 0 Å². The molecule has 1 fully saturated rings. The minimum absolute atomic E-state index is 0.0247. The third kappa shape index (κ3) is 3.13. The molecule has 1 saturated carbocycles. The molecule has 1 aliphatic carbocycles. The van der Waals surface area contributed by atoms with Gasteiger partial charge in [0.05, 0.1) is 0 Å². The van der Waals surface area contributed by atoms with Gasteiger partial charge in [-0.15, -0.1) is 0 Å². The van der Waals surface area contributed by atoms with E-state index in [-0.39, 0.29) is 23.7 Å². The number of hydrogen-bond acceptors (Lipinski definition) is 2. The smallest absolute Gasteiger partial charge is 0.241 e. The van der Waals surface area contributed by atoms with Crippen molar-refractivity contribution in [2.24, 2.45) is 5.73 Å². The molecule has 2 aromatic rings. The monoisotopic (exact) mass is 318 g/mol. The van der Waals surface area contributed by atoms with Crippen LogP contribution in [0.4, 0.5) is 4.39 Å². The summed E-state index contributed by atoms with van der Waals surface area (Å²) in [6, 6.07) is 12.7. The van der Waals surface area contributed by atoms with Gasteiger partial charge in [-0.1, -0.05) is 41.9 Å². The van der Waals surface area contributed by atoms with E-state index >= 15 is 0 Å². The molecule has 0 aromatic heterocycles. The molecular weight excluding hydrogens is 303 g/mol. The molecule has 0 aliphatic heterocycles. The number of benzene rings is 2. The van der Waals surface area contributed by atoms with E-state index in [0.717, 1.165) is 6.42 Å². The van der Waals surface area contributed by atoms with Gasteiger partial charge in [-0.2, -0.15) is 0 Å². The molecule has 5 heteroatoms. The van der Waals surface area contributed by atoms with E-state index in [1.165, 1.54) is 6.07 Å². The zero-order chi connectivity index (χ0) is 15.7. The topological polar surface area (TPSA) is 55.1 Å². The maximum Gasteiger partial charge on any atom is 0.241 e. The lowest BCUT2D eigenvalue weighted by molar-refractivity contribution is -0.122. The van der Waals surface area contributed by atoms with Crippen molar-refractivity contribution in [2.45, 2.75) is 24.4 Å². The van der Waals surface area contributed by atoms with Crippen LogP contribution in [0.2, 0.25) is 5.02 Å². The van der Waals surface area contributed by atoms with E-state index < -0.39 is 6.04 Å². The number of rotatable bonds is 4. The van der Waals surface area contributed by atoms with Crippen molar-refractivity contribution < 1.29 is 9.18 Å². The van der Waals surface area contributed by atoms with Crippen molar-refractivity contribution in [3.05, 3.63) is 70.5 Å². The minimum Gasteiger partial charge on any atom is -0.351 e. The number of nitrogens with one attached hydrogen (secondary N) is 1. The predicted molar refractivity (Wildman–Crippen MR) is 84.1 cm³/mol. The highest BCUT2D eigenvalue weighted by atomic mass is 35.5. The van der Waals surface area contributed by atoms with Crippen LogP contribution in [0.15, 0.2) is 48.5 Å². The first kappa shape index (κ1) is 15.0. The van der Waals surface area contributed by atoms with Crippen molar-refractivity contribution >= 4 is 17.5 Å². The van der Waals surface area contributed by atoms with Gasteiger partial charge in [0.1, 0.15) is 11.9 Å². The Morgan fingerprint density at radius 1 is 1.27 bits per heavy atom. The fraction of sp³-hybridized carbons (Fsp3) is 0.235. The molecule has 3 atom stereocenters. The standard InChI is InChI=1S/C17H16ClFN2O/c18-11-5-3-4-10(8-11)16(20)17(22)21-15-9-13(15)12-6-1-2-7-14(12)19/h1-8,13,15-16H,9,20H2,(H,21,22). The Hall–Kier alpha value is -1.91. The van der Waals surface area contributed by atoms with Gasteiger partial charge in [-0.05, 0) is 35.7 Å². The van der Waals surface area contributed by atoms with Crippen LogP contribution in [0.5, 0.6) is 0 Å². The van der Waals surface area contributed by atoms with Crippen LogP contribution in [-0.2, 0) is 4.79 Å². The maximum absolute atomic E-state index is 13.7. The quantitative estimate of drug-likeness (QED) is 0.910. The highest BCUT2D eigenvalue weighted by Gasteiger charge is 2.41. The normalized spacial score (nSPS) is 21.2. The Balaban J connectivity index is 1.63. The predicted octanol–water partition coefficient (Wildman–Crippen LogP) is 3.15. The van der Waals surface area contributed by atoms with E-state index in [1.807, 2.05) is 0 Å². The number of amides is 1. The SMILES string of the molecule is NC(C(=O)NC1CC1c1ccccc1F)c1cccc(Cl)c1. The summed E-state index contributed by atoms with van der Waals surface area (Å²) in [5, 5.41) is 3.41. The van der Waals surface area contributed by atoms with Crippen LogP contribution >= 0.6 is 11.6 Å². The van der Waals surface area contributed by atoms with Gasteiger partial charge in [-0.3, -0.25) is 4.79 Å². The molecule has 0 radical (unpaired) electrons. The van der Waals surface area contributed by atoms with E-state index in [9.17, 15) is 9.18 Å². The largest absolute Gasteiger partial charge is 0.351 e. The van der Waals surface area contributed by atoms with Crippen molar-refractivity contribution in [1.82, 2.24) is 5.32 Å². The number of carbonyl (C=O) groups excluding carboxylic acids is 1. The fourth-order valence-electron chi connectivity index (χ4n) is 2.60. The Bertz CT molecular complexity index is 707. The Kier molecular flexibility index (Phi) is 4.14. The fourth-order valence-corrected chi connectivity index (χ4v) is 2.80. The summed E-state index contributed by atoms with van der Waals surface area (Å²) in [6.45, 7) is 0. The second-order valence-electron chi connectivity index (χ2n) is 5.51. The third-order valence-electron chi connectivity index (χ3n) is 3.91. The zero-order valence-electron chi connectivity index (χ0n) is 11.8. The molecule has 0 spiro atoms. The van der Waals surface area contributed by atoms with Crippen LogP contribution in [0.3, 0.4) is 0 Å². The zero-order valence-corrected chi connectivity index (χ0v) is 12.6. The first-order valence-corrected chi connectivity index (χ1v) is 7.50. The summed E-state index contributed by atoms with van der Waals surface area (Å²) < 4.78 is 13.7. The molecule has 114 valence electrons. The average Bonchev–Trinajstić information content (AvgIpc) is 3.25. The lowest BCUT2D eigenvalue weighted by atomic mass is 10.1. The number of halogens is 2. The maximum atomic E-state index is 13.7. The molecule has 1 aliphatic rings. The summed E-state index contributed by atoms with van der Waals surface area (Å²) in [4.78, 5) is 12.2. The first-order valence-electron chi connectivity index (χ1n) is 7.12. The van der Waals surface area contributed by atoms with Crippen LogP contribution in [-0.4, -0.2) is 11.9 Å². The van der Waals surface area contributed by atoms with E-state index in [4.69, 9.17) is 17.3 Å². The molecule has 0 bridgehead atoms. The number of carbonyl (C=O) groups is 1. The molecule has 22 heavy (non-hydrogen) atoms. The molecule has 3 N–H and O–H groups in total. The second-order valence-corrected chi connectivity index (χ2v) is 5.95. The molecule has 2 aromatic carbocycles. The lowest BCUT2D eigenvalue weighted by Gasteiger charge is -2.13. The summed E-state index contributed by atoms with van der Waals surface area (Å²) >= 11 is 5.90. The van der Waals surface area contributed by atoms with Crippen molar-refractivity contribution in [1.29, 1.82) is 0 Å². The first-order chi connectivity index (χ1) is 10.6. The van der Waals surface area contributed by atoms with Gasteiger partial charge in [0.15, 0.2) is 0 Å². The average molecular weight is 319 g/mol. The van der Waals surface area contributed by atoms with Crippen LogP contribution in [0, 0.1) is 5.82 Å². The second kappa shape index (κ2) is 6.07. The van der Waals surface area contributed by atoms with Gasteiger partial charge < -0.3 is 11.1 Å². The van der Waals surface area contributed by atoms with E-state index in [1.54, 1.807) is 42.5 Å². The molecule has 3 unspecified atom stereocenters. The van der Waals surface area contributed by atoms with Gasteiger partial charge in [-0.25, -0.2) is 4.39 Å². The van der Waals surface area contributed by atoms with Gasteiger partial charge in [0.2, 0.25) is 5.91 Å². The third-order valence-corrected chi connectivity index (χ3v) is 4.15. The summed E-state index contributed by atoms with van der Waals surface area (Å²) in [7, 11) is 0. The highest BCUT2D eigenvalue weighted by molar-refractivity contribution is 6.30. The molecular formula is C17H16ClFN2O. The summed E-state index contributed by atoms with van der Waals surface area (Å²) in [5.74, 6) is -0.480. The Labute approximate surface area is 133 Å². The minimum atomic E-state index is -0.777. The number of nitrogens with two attached hydrogens (primary N) is 1. The Morgan fingerprint density at radius 2 is 2.05 bits per heavy atom. The van der Waals surface area contributed by atoms with E-state index in [0.29, 0.717) is 16.1 Å². The number of hydrogen-bond donors (Lipinski definition) is 2. The van der Waals surface area contributed by atoms with Crippen LogP contribution < -0.4 is 11.1 Å². The van der Waals surface area contributed by atoms with Crippen LogP contribution in [0.25, 0.3) is 0 Å². The molecule has 3 rings (SSSR count). The lowest BCUT2D eigenvalue weighted by Crippen LogP contribution is -2.36. The van der Waals surface area contributed by atoms with Gasteiger partial charge >= 0.3 is 0 Å².